The SMILES string of the molecule is Nc1ccccc1-c1nn2c(=O)c(-c3ccccc3N)nnc2s1. The predicted molar refractivity (Wildman–Crippen MR) is 94.6 cm³/mol. The van der Waals surface area contributed by atoms with Crippen LogP contribution in [0.2, 0.25) is 0 Å². The summed E-state index contributed by atoms with van der Waals surface area (Å²) in [7, 11) is 0. The highest BCUT2D eigenvalue weighted by Gasteiger charge is 2.16. The molecule has 4 rings (SSSR count). The molecule has 0 saturated carbocycles. The predicted octanol–water partition coefficient (Wildman–Crippen LogP) is 2.04. The molecule has 0 amide bonds. The van der Waals surface area contributed by atoms with Gasteiger partial charge in [0.2, 0.25) is 4.96 Å². The van der Waals surface area contributed by atoms with E-state index in [4.69, 9.17) is 11.5 Å². The summed E-state index contributed by atoms with van der Waals surface area (Å²) in [6.45, 7) is 0. The Kier molecular flexibility index (Phi) is 3.24. The minimum Gasteiger partial charge on any atom is -0.398 e. The molecule has 24 heavy (non-hydrogen) atoms. The van der Waals surface area contributed by atoms with Crippen molar-refractivity contribution >= 4 is 27.7 Å². The van der Waals surface area contributed by atoms with Crippen molar-refractivity contribution in [1.29, 1.82) is 0 Å². The first-order valence-electron chi connectivity index (χ1n) is 7.11. The zero-order valence-corrected chi connectivity index (χ0v) is 13.2. The lowest BCUT2D eigenvalue weighted by Crippen LogP contribution is -2.19. The molecule has 7 nitrogen and oxygen atoms in total. The number of benzene rings is 2. The van der Waals surface area contributed by atoms with Crippen molar-refractivity contribution < 1.29 is 0 Å². The van der Waals surface area contributed by atoms with Crippen molar-refractivity contribution in [3.05, 3.63) is 58.9 Å². The minimum absolute atomic E-state index is 0.170. The van der Waals surface area contributed by atoms with E-state index in [1.165, 1.54) is 15.9 Å². The smallest absolute Gasteiger partial charge is 0.302 e. The Morgan fingerprint density at radius 1 is 0.875 bits per heavy atom. The Morgan fingerprint density at radius 2 is 1.50 bits per heavy atom. The van der Waals surface area contributed by atoms with Gasteiger partial charge in [0.25, 0.3) is 0 Å². The molecule has 0 spiro atoms. The van der Waals surface area contributed by atoms with Crippen molar-refractivity contribution in [3.8, 4) is 21.8 Å². The van der Waals surface area contributed by atoms with Gasteiger partial charge in [0.1, 0.15) is 5.01 Å². The first kappa shape index (κ1) is 14.3. The summed E-state index contributed by atoms with van der Waals surface area (Å²) in [6.07, 6.45) is 0. The van der Waals surface area contributed by atoms with Crippen molar-refractivity contribution in [2.45, 2.75) is 0 Å². The van der Waals surface area contributed by atoms with E-state index in [0.29, 0.717) is 26.9 Å². The second kappa shape index (κ2) is 5.43. The number of hydrogen-bond acceptors (Lipinski definition) is 7. The zero-order valence-electron chi connectivity index (χ0n) is 12.4. The van der Waals surface area contributed by atoms with Gasteiger partial charge in [-0.15, -0.1) is 10.2 Å². The molecule has 4 aromatic rings. The third-order valence-electron chi connectivity index (χ3n) is 3.60. The van der Waals surface area contributed by atoms with Crippen LogP contribution in [0.4, 0.5) is 11.4 Å². The largest absolute Gasteiger partial charge is 0.398 e. The van der Waals surface area contributed by atoms with Gasteiger partial charge in [-0.2, -0.15) is 9.61 Å². The molecule has 0 bridgehead atoms. The summed E-state index contributed by atoms with van der Waals surface area (Å²) in [5.74, 6) is 0. The van der Waals surface area contributed by atoms with Crippen LogP contribution in [0.15, 0.2) is 53.3 Å². The van der Waals surface area contributed by atoms with E-state index >= 15 is 0 Å². The van der Waals surface area contributed by atoms with Crippen LogP contribution in [-0.2, 0) is 0 Å². The average molecular weight is 336 g/mol. The molecule has 0 unspecified atom stereocenters. The van der Waals surface area contributed by atoms with Crippen LogP contribution in [0.1, 0.15) is 0 Å². The van der Waals surface area contributed by atoms with Gasteiger partial charge in [-0.25, -0.2) is 0 Å². The Bertz CT molecular complexity index is 1120. The van der Waals surface area contributed by atoms with Gasteiger partial charge in [-0.3, -0.25) is 4.79 Å². The molecule has 2 heterocycles. The molecule has 0 radical (unpaired) electrons. The van der Waals surface area contributed by atoms with Crippen LogP contribution in [-0.4, -0.2) is 19.8 Å². The Morgan fingerprint density at radius 3 is 2.17 bits per heavy atom. The molecular weight excluding hydrogens is 324 g/mol. The summed E-state index contributed by atoms with van der Waals surface area (Å²) in [5, 5.41) is 13.1. The Hall–Kier alpha value is -3.26. The second-order valence-corrected chi connectivity index (χ2v) is 6.09. The monoisotopic (exact) mass is 336 g/mol. The fraction of sp³-hybridized carbons (Fsp3) is 0. The third kappa shape index (κ3) is 2.20. The summed E-state index contributed by atoms with van der Waals surface area (Å²) in [5.41, 5.74) is 14.1. The molecule has 118 valence electrons. The van der Waals surface area contributed by atoms with Crippen LogP contribution in [0.5, 0.6) is 0 Å². The molecule has 4 N–H and O–H groups in total. The number of nitrogens with zero attached hydrogens (tertiary/aromatic N) is 4. The molecule has 0 fully saturated rings. The highest BCUT2D eigenvalue weighted by molar-refractivity contribution is 7.19. The lowest BCUT2D eigenvalue weighted by molar-refractivity contribution is 0.862. The Labute approximate surface area is 140 Å². The van der Waals surface area contributed by atoms with Gasteiger partial charge in [0, 0.05) is 22.5 Å². The minimum atomic E-state index is -0.366. The van der Waals surface area contributed by atoms with E-state index in [9.17, 15) is 4.79 Å². The van der Waals surface area contributed by atoms with Crippen molar-refractivity contribution in [1.82, 2.24) is 19.8 Å². The van der Waals surface area contributed by atoms with E-state index in [1.54, 1.807) is 30.3 Å². The van der Waals surface area contributed by atoms with Gasteiger partial charge in [-0.1, -0.05) is 41.7 Å². The highest BCUT2D eigenvalue weighted by atomic mass is 32.1. The molecule has 0 saturated heterocycles. The standard InChI is InChI=1S/C16H12N6OS/c17-11-7-3-1-5-9(11)13-15(23)22-16(20-19-13)24-14(21-22)10-6-2-4-8-12(10)18/h1-8H,17-18H2. The summed E-state index contributed by atoms with van der Waals surface area (Å²) >= 11 is 1.25. The summed E-state index contributed by atoms with van der Waals surface area (Å²) in [6, 6.07) is 14.4. The van der Waals surface area contributed by atoms with Crippen LogP contribution < -0.4 is 17.0 Å². The number of anilines is 2. The van der Waals surface area contributed by atoms with E-state index < -0.39 is 0 Å². The summed E-state index contributed by atoms with van der Waals surface area (Å²) in [4.78, 5) is 13.1. The number of fused-ring (bicyclic) bond motifs is 1. The van der Waals surface area contributed by atoms with E-state index in [1.807, 2.05) is 18.2 Å². The van der Waals surface area contributed by atoms with Crippen molar-refractivity contribution in [2.24, 2.45) is 0 Å². The molecule has 0 aliphatic rings. The maximum atomic E-state index is 12.7. The van der Waals surface area contributed by atoms with Crippen molar-refractivity contribution in [3.63, 3.8) is 0 Å². The topological polar surface area (TPSA) is 112 Å². The van der Waals surface area contributed by atoms with Crippen molar-refractivity contribution in [2.75, 3.05) is 11.5 Å². The Balaban J connectivity index is 1.94. The van der Waals surface area contributed by atoms with Crippen LogP contribution in [0.25, 0.3) is 26.8 Å². The van der Waals surface area contributed by atoms with Gasteiger partial charge >= 0.3 is 5.56 Å². The number of nitrogen functional groups attached to an aromatic ring is 2. The van der Waals surface area contributed by atoms with Gasteiger partial charge in [0.15, 0.2) is 5.69 Å². The number of hydrogen-bond donors (Lipinski definition) is 2. The van der Waals surface area contributed by atoms with Gasteiger partial charge in [-0.05, 0) is 18.2 Å². The molecular formula is C16H12N6OS. The molecule has 0 atom stereocenters. The molecule has 8 heteroatoms. The third-order valence-corrected chi connectivity index (χ3v) is 4.53. The van der Waals surface area contributed by atoms with Gasteiger partial charge in [0.05, 0.1) is 0 Å². The van der Waals surface area contributed by atoms with E-state index in [2.05, 4.69) is 15.3 Å². The number of aromatic nitrogens is 4. The maximum absolute atomic E-state index is 12.7. The lowest BCUT2D eigenvalue weighted by atomic mass is 10.1. The normalized spacial score (nSPS) is 11.0. The highest BCUT2D eigenvalue weighted by Crippen LogP contribution is 2.29. The first-order valence-corrected chi connectivity index (χ1v) is 7.93. The van der Waals surface area contributed by atoms with Gasteiger partial charge < -0.3 is 11.5 Å². The molecule has 0 aliphatic carbocycles. The first-order chi connectivity index (χ1) is 11.6. The zero-order chi connectivity index (χ0) is 16.7. The molecule has 0 aliphatic heterocycles. The number of nitrogens with two attached hydrogens (primary N) is 2. The fourth-order valence-corrected chi connectivity index (χ4v) is 3.28. The average Bonchev–Trinajstić information content (AvgIpc) is 3.01. The van der Waals surface area contributed by atoms with Crippen LogP contribution in [0, 0.1) is 0 Å². The second-order valence-electron chi connectivity index (χ2n) is 5.13. The fourth-order valence-electron chi connectivity index (χ4n) is 2.40. The molecule has 2 aromatic heterocycles. The summed E-state index contributed by atoms with van der Waals surface area (Å²) < 4.78 is 1.24. The number of para-hydroxylation sites is 2. The lowest BCUT2D eigenvalue weighted by Gasteiger charge is -2.02. The quantitative estimate of drug-likeness (QED) is 0.542. The van der Waals surface area contributed by atoms with Crippen LogP contribution >= 0.6 is 11.3 Å². The molecule has 2 aromatic carbocycles. The maximum Gasteiger partial charge on any atom is 0.302 e. The van der Waals surface area contributed by atoms with E-state index in [-0.39, 0.29) is 11.3 Å². The number of rotatable bonds is 2. The van der Waals surface area contributed by atoms with Crippen LogP contribution in [0.3, 0.4) is 0 Å². The van der Waals surface area contributed by atoms with E-state index in [0.717, 1.165) is 5.56 Å².